The molecule has 0 atom stereocenters. The highest BCUT2D eigenvalue weighted by molar-refractivity contribution is 5.80. The summed E-state index contributed by atoms with van der Waals surface area (Å²) in [5, 5.41) is 9.82. The van der Waals surface area contributed by atoms with Gasteiger partial charge < -0.3 is 15.2 Å². The third-order valence-electron chi connectivity index (χ3n) is 5.83. The van der Waals surface area contributed by atoms with Gasteiger partial charge in [0, 0.05) is 11.3 Å². The van der Waals surface area contributed by atoms with Crippen molar-refractivity contribution in [1.29, 1.82) is 5.26 Å². The summed E-state index contributed by atoms with van der Waals surface area (Å²) in [5.74, 6) is 1.60. The number of nitrogens with two attached hydrogens (primary N) is 1. The van der Waals surface area contributed by atoms with Crippen LogP contribution in [0.4, 0.5) is 5.82 Å². The smallest absolute Gasteiger partial charge is 0.161 e. The number of aromatic nitrogens is 1. The van der Waals surface area contributed by atoms with E-state index >= 15 is 0 Å². The topological polar surface area (TPSA) is 81.2 Å². The fourth-order valence-corrected chi connectivity index (χ4v) is 4.16. The molecule has 0 bridgehead atoms. The molecular weight excluding hydrogens is 386 g/mol. The second kappa shape index (κ2) is 9.09. The van der Waals surface area contributed by atoms with E-state index in [9.17, 15) is 5.26 Å². The highest BCUT2D eigenvalue weighted by atomic mass is 16.5. The van der Waals surface area contributed by atoms with E-state index in [1.165, 1.54) is 5.56 Å². The maximum absolute atomic E-state index is 9.82. The molecule has 2 N–H and O–H groups in total. The van der Waals surface area contributed by atoms with E-state index in [0.717, 1.165) is 60.1 Å². The lowest BCUT2D eigenvalue weighted by Crippen LogP contribution is -2.07. The molecule has 0 radical (unpaired) electrons. The van der Waals surface area contributed by atoms with Crippen LogP contribution in [0.2, 0.25) is 0 Å². The van der Waals surface area contributed by atoms with Gasteiger partial charge in [-0.2, -0.15) is 5.26 Å². The molecule has 0 saturated carbocycles. The lowest BCUT2D eigenvalue weighted by molar-refractivity contribution is 0.284. The number of pyridine rings is 1. The van der Waals surface area contributed by atoms with Crippen LogP contribution in [0.15, 0.2) is 42.5 Å². The molecule has 0 fully saturated rings. The Hall–Kier alpha value is -3.52. The van der Waals surface area contributed by atoms with E-state index < -0.39 is 0 Å². The average molecular weight is 414 g/mol. The van der Waals surface area contributed by atoms with Gasteiger partial charge >= 0.3 is 0 Å². The van der Waals surface area contributed by atoms with Crippen molar-refractivity contribution in [3.8, 4) is 28.7 Å². The van der Waals surface area contributed by atoms with Crippen LogP contribution < -0.4 is 15.2 Å². The number of nitrogens with zero attached hydrogens (tertiary/aromatic N) is 2. The van der Waals surface area contributed by atoms with Crippen molar-refractivity contribution in [2.75, 3.05) is 12.8 Å². The first kappa shape index (κ1) is 20.7. The molecule has 0 aliphatic heterocycles. The van der Waals surface area contributed by atoms with Crippen LogP contribution >= 0.6 is 0 Å². The molecule has 4 rings (SSSR count). The van der Waals surface area contributed by atoms with Crippen molar-refractivity contribution in [2.24, 2.45) is 0 Å². The first-order valence-corrected chi connectivity index (χ1v) is 10.7. The van der Waals surface area contributed by atoms with Crippen molar-refractivity contribution in [2.45, 2.75) is 45.6 Å². The van der Waals surface area contributed by atoms with Crippen LogP contribution in [0.1, 0.15) is 47.2 Å². The Morgan fingerprint density at radius 1 is 1.03 bits per heavy atom. The number of rotatable bonds is 5. The van der Waals surface area contributed by atoms with Crippen LogP contribution in [0.3, 0.4) is 0 Å². The molecule has 1 aliphatic rings. The SMILES string of the molecule is COc1cc(-c2c(C#N)c(N)nc3c2CCCCC3)ccc1OCc1ccc(C)cc1. The average Bonchev–Trinajstić information content (AvgIpc) is 3.03. The summed E-state index contributed by atoms with van der Waals surface area (Å²) in [4.78, 5) is 4.56. The van der Waals surface area contributed by atoms with Gasteiger partial charge in [-0.15, -0.1) is 0 Å². The van der Waals surface area contributed by atoms with E-state index in [-0.39, 0.29) is 0 Å². The zero-order valence-electron chi connectivity index (χ0n) is 18.1. The number of anilines is 1. The number of methoxy groups -OCH3 is 1. The van der Waals surface area contributed by atoms with Gasteiger partial charge in [0.25, 0.3) is 0 Å². The Kier molecular flexibility index (Phi) is 6.08. The minimum absolute atomic E-state index is 0.303. The second-order valence-electron chi connectivity index (χ2n) is 7.98. The molecule has 0 saturated heterocycles. The largest absolute Gasteiger partial charge is 0.493 e. The summed E-state index contributed by atoms with van der Waals surface area (Å²) < 4.78 is 11.7. The van der Waals surface area contributed by atoms with Crippen molar-refractivity contribution in [3.05, 3.63) is 70.4 Å². The normalized spacial score (nSPS) is 13.1. The molecule has 5 nitrogen and oxygen atoms in total. The maximum Gasteiger partial charge on any atom is 0.161 e. The van der Waals surface area contributed by atoms with Crippen LogP contribution in [-0.4, -0.2) is 12.1 Å². The molecule has 5 heteroatoms. The van der Waals surface area contributed by atoms with E-state index in [1.54, 1.807) is 7.11 Å². The third kappa shape index (κ3) is 4.34. The van der Waals surface area contributed by atoms with Crippen LogP contribution in [-0.2, 0) is 19.4 Å². The predicted molar refractivity (Wildman–Crippen MR) is 122 cm³/mol. The monoisotopic (exact) mass is 413 g/mol. The number of hydrogen-bond donors (Lipinski definition) is 1. The Labute approximate surface area is 183 Å². The molecular formula is C26H27N3O2. The van der Waals surface area contributed by atoms with Gasteiger partial charge in [0.2, 0.25) is 0 Å². The van der Waals surface area contributed by atoms with Gasteiger partial charge in [-0.3, -0.25) is 0 Å². The first-order valence-electron chi connectivity index (χ1n) is 10.7. The summed E-state index contributed by atoms with van der Waals surface area (Å²) in [6, 6.07) is 16.4. The predicted octanol–water partition coefficient (Wildman–Crippen LogP) is 5.37. The van der Waals surface area contributed by atoms with Crippen LogP contribution in [0, 0.1) is 18.3 Å². The highest BCUT2D eigenvalue weighted by Gasteiger charge is 2.22. The molecule has 0 unspecified atom stereocenters. The summed E-state index contributed by atoms with van der Waals surface area (Å²) in [5.41, 5.74) is 12.9. The van der Waals surface area contributed by atoms with Gasteiger partial charge in [0.05, 0.1) is 7.11 Å². The van der Waals surface area contributed by atoms with Gasteiger partial charge in [-0.1, -0.05) is 42.3 Å². The van der Waals surface area contributed by atoms with Crippen LogP contribution in [0.25, 0.3) is 11.1 Å². The van der Waals surface area contributed by atoms with Gasteiger partial charge in [-0.25, -0.2) is 4.98 Å². The van der Waals surface area contributed by atoms with E-state index in [2.05, 4.69) is 42.2 Å². The van der Waals surface area contributed by atoms with E-state index in [1.807, 2.05) is 18.2 Å². The maximum atomic E-state index is 9.82. The van der Waals surface area contributed by atoms with Crippen molar-refractivity contribution >= 4 is 5.82 Å². The number of ether oxygens (including phenoxy) is 2. The minimum atomic E-state index is 0.303. The van der Waals surface area contributed by atoms with Crippen molar-refractivity contribution in [3.63, 3.8) is 0 Å². The minimum Gasteiger partial charge on any atom is -0.493 e. The Balaban J connectivity index is 1.71. The Bertz CT molecular complexity index is 1130. The fraction of sp³-hybridized carbons (Fsp3) is 0.308. The lowest BCUT2D eigenvalue weighted by Gasteiger charge is -2.18. The van der Waals surface area contributed by atoms with Crippen molar-refractivity contribution in [1.82, 2.24) is 4.98 Å². The first-order chi connectivity index (χ1) is 15.1. The van der Waals surface area contributed by atoms with Crippen molar-refractivity contribution < 1.29 is 9.47 Å². The van der Waals surface area contributed by atoms with E-state index in [4.69, 9.17) is 15.2 Å². The quantitative estimate of drug-likeness (QED) is 0.569. The third-order valence-corrected chi connectivity index (χ3v) is 5.83. The molecule has 1 aliphatic carbocycles. The summed E-state index contributed by atoms with van der Waals surface area (Å²) >= 11 is 0. The highest BCUT2D eigenvalue weighted by Crippen LogP contribution is 2.39. The zero-order chi connectivity index (χ0) is 21.8. The van der Waals surface area contributed by atoms with Gasteiger partial charge in [0.15, 0.2) is 11.5 Å². The number of hydrogen-bond acceptors (Lipinski definition) is 5. The molecule has 158 valence electrons. The molecule has 3 aromatic rings. The number of aryl methyl sites for hydroxylation is 2. The summed E-state index contributed by atoms with van der Waals surface area (Å²) in [7, 11) is 1.63. The molecule has 0 spiro atoms. The van der Waals surface area contributed by atoms with Gasteiger partial charge in [-0.05, 0) is 61.4 Å². The fourth-order valence-electron chi connectivity index (χ4n) is 4.16. The number of fused-ring (bicyclic) bond motifs is 1. The number of nitrogen functional groups attached to an aromatic ring is 1. The zero-order valence-corrected chi connectivity index (χ0v) is 18.1. The summed E-state index contributed by atoms with van der Waals surface area (Å²) in [6.07, 6.45) is 5.14. The number of nitriles is 1. The molecule has 2 aromatic carbocycles. The van der Waals surface area contributed by atoms with E-state index in [0.29, 0.717) is 29.5 Å². The Morgan fingerprint density at radius 2 is 1.81 bits per heavy atom. The van der Waals surface area contributed by atoms with Gasteiger partial charge in [0.1, 0.15) is 24.1 Å². The Morgan fingerprint density at radius 3 is 2.55 bits per heavy atom. The molecule has 1 aromatic heterocycles. The van der Waals surface area contributed by atoms with Crippen LogP contribution in [0.5, 0.6) is 11.5 Å². The molecule has 31 heavy (non-hydrogen) atoms. The lowest BCUT2D eigenvalue weighted by atomic mass is 9.91. The molecule has 1 heterocycles. The molecule has 0 amide bonds. The second-order valence-corrected chi connectivity index (χ2v) is 7.98. The summed E-state index contributed by atoms with van der Waals surface area (Å²) in [6.45, 7) is 2.52. The number of benzene rings is 2. The standard InChI is InChI=1S/C26H27N3O2/c1-17-8-10-18(11-9-17)16-31-23-13-12-19(14-24(23)30-2)25-20-6-4-3-5-7-22(20)29-26(28)21(25)15-27/h8-14H,3-7,16H2,1-2H3,(H2,28,29).